The van der Waals surface area contributed by atoms with Gasteiger partial charge >= 0.3 is 0 Å². The highest BCUT2D eigenvalue weighted by Crippen LogP contribution is 2.35. The maximum absolute atomic E-state index is 12.8. The largest absolute Gasteiger partial charge is 0.336 e. The van der Waals surface area contributed by atoms with Crippen LogP contribution in [0.4, 0.5) is 0 Å². The fourth-order valence-electron chi connectivity index (χ4n) is 2.74. The van der Waals surface area contributed by atoms with Crippen molar-refractivity contribution in [3.8, 4) is 10.4 Å². The summed E-state index contributed by atoms with van der Waals surface area (Å²) in [7, 11) is 0. The SMILES string of the molecule is Cc1nc(C(=O)N2CCCC(N)C2)c(-c2ccccc2Cl)s1. The van der Waals surface area contributed by atoms with E-state index in [0.717, 1.165) is 34.8 Å². The van der Waals surface area contributed by atoms with Crippen LogP contribution in [0, 0.1) is 6.92 Å². The predicted molar refractivity (Wildman–Crippen MR) is 90.4 cm³/mol. The van der Waals surface area contributed by atoms with Gasteiger partial charge in [-0.1, -0.05) is 29.8 Å². The molecule has 1 aromatic carbocycles. The highest BCUT2D eigenvalue weighted by atomic mass is 35.5. The highest BCUT2D eigenvalue weighted by molar-refractivity contribution is 7.15. The number of aromatic nitrogens is 1. The van der Waals surface area contributed by atoms with E-state index in [1.165, 1.54) is 11.3 Å². The molecule has 1 amide bonds. The zero-order valence-electron chi connectivity index (χ0n) is 12.4. The van der Waals surface area contributed by atoms with E-state index in [9.17, 15) is 4.79 Å². The second kappa shape index (κ2) is 6.36. The van der Waals surface area contributed by atoms with Gasteiger partial charge in [0.15, 0.2) is 0 Å². The van der Waals surface area contributed by atoms with Gasteiger partial charge in [0.2, 0.25) is 0 Å². The van der Waals surface area contributed by atoms with Crippen molar-refractivity contribution in [2.45, 2.75) is 25.8 Å². The fourth-order valence-corrected chi connectivity index (χ4v) is 3.98. The lowest BCUT2D eigenvalue weighted by Gasteiger charge is -2.30. The minimum atomic E-state index is -0.0468. The molecule has 4 nitrogen and oxygen atoms in total. The van der Waals surface area contributed by atoms with Gasteiger partial charge in [0.05, 0.1) is 9.88 Å². The van der Waals surface area contributed by atoms with Crippen molar-refractivity contribution in [3.05, 3.63) is 40.0 Å². The number of nitrogens with two attached hydrogens (primary N) is 1. The Labute approximate surface area is 138 Å². The van der Waals surface area contributed by atoms with Crippen LogP contribution in [0.5, 0.6) is 0 Å². The van der Waals surface area contributed by atoms with Gasteiger partial charge in [-0.2, -0.15) is 0 Å². The molecule has 1 fully saturated rings. The Morgan fingerprint density at radius 1 is 1.45 bits per heavy atom. The van der Waals surface area contributed by atoms with E-state index in [2.05, 4.69) is 4.98 Å². The van der Waals surface area contributed by atoms with Crippen LogP contribution in [0.3, 0.4) is 0 Å². The van der Waals surface area contributed by atoms with Gasteiger partial charge < -0.3 is 10.6 Å². The Morgan fingerprint density at radius 2 is 2.23 bits per heavy atom. The molecule has 6 heteroatoms. The van der Waals surface area contributed by atoms with Gasteiger partial charge in [-0.3, -0.25) is 4.79 Å². The standard InChI is InChI=1S/C16H18ClN3OS/c1-10-19-14(16(21)20-8-4-5-11(18)9-20)15(22-10)12-6-2-3-7-13(12)17/h2-3,6-7,11H,4-5,8-9,18H2,1H3. The van der Waals surface area contributed by atoms with Crippen molar-refractivity contribution < 1.29 is 4.79 Å². The number of hydrogen-bond acceptors (Lipinski definition) is 4. The van der Waals surface area contributed by atoms with E-state index in [4.69, 9.17) is 17.3 Å². The number of amides is 1. The molecule has 0 radical (unpaired) electrons. The molecule has 3 rings (SSSR count). The summed E-state index contributed by atoms with van der Waals surface area (Å²) < 4.78 is 0. The van der Waals surface area contributed by atoms with Crippen LogP contribution in [0.25, 0.3) is 10.4 Å². The molecule has 2 aromatic rings. The second-order valence-corrected chi connectivity index (χ2v) is 7.15. The smallest absolute Gasteiger partial charge is 0.274 e. The van der Waals surface area contributed by atoms with Crippen LogP contribution in [0.2, 0.25) is 5.02 Å². The number of carbonyl (C=O) groups is 1. The van der Waals surface area contributed by atoms with Crippen LogP contribution in [-0.4, -0.2) is 34.9 Å². The molecule has 0 saturated carbocycles. The summed E-state index contributed by atoms with van der Waals surface area (Å²) in [5, 5.41) is 1.50. The lowest BCUT2D eigenvalue weighted by Crippen LogP contribution is -2.45. The minimum Gasteiger partial charge on any atom is -0.336 e. The molecule has 1 atom stereocenters. The lowest BCUT2D eigenvalue weighted by atomic mass is 10.1. The van der Waals surface area contributed by atoms with Gasteiger partial charge in [0.25, 0.3) is 5.91 Å². The third-order valence-electron chi connectivity index (χ3n) is 3.80. The molecular weight excluding hydrogens is 318 g/mol. The van der Waals surface area contributed by atoms with Gasteiger partial charge in [-0.05, 0) is 25.8 Å². The third kappa shape index (κ3) is 3.02. The number of benzene rings is 1. The molecular formula is C16H18ClN3OS. The van der Waals surface area contributed by atoms with E-state index >= 15 is 0 Å². The number of likely N-dealkylation sites (tertiary alicyclic amines) is 1. The molecule has 1 aliphatic heterocycles. The third-order valence-corrected chi connectivity index (χ3v) is 5.13. The summed E-state index contributed by atoms with van der Waals surface area (Å²) in [5.74, 6) is -0.0468. The molecule has 116 valence electrons. The molecule has 1 saturated heterocycles. The molecule has 0 spiro atoms. The maximum Gasteiger partial charge on any atom is 0.274 e. The van der Waals surface area contributed by atoms with E-state index in [0.29, 0.717) is 17.3 Å². The molecule has 0 bridgehead atoms. The summed E-state index contributed by atoms with van der Waals surface area (Å²) >= 11 is 7.79. The first kappa shape index (κ1) is 15.5. The van der Waals surface area contributed by atoms with Crippen LogP contribution in [0.15, 0.2) is 24.3 Å². The lowest BCUT2D eigenvalue weighted by molar-refractivity contribution is 0.0704. The Kier molecular flexibility index (Phi) is 4.47. The van der Waals surface area contributed by atoms with Crippen molar-refractivity contribution in [1.29, 1.82) is 0 Å². The number of aryl methyl sites for hydroxylation is 1. The maximum atomic E-state index is 12.8. The van der Waals surface area contributed by atoms with Gasteiger partial charge in [-0.15, -0.1) is 11.3 Å². The molecule has 1 aromatic heterocycles. The van der Waals surface area contributed by atoms with Crippen molar-refractivity contribution in [2.75, 3.05) is 13.1 Å². The van der Waals surface area contributed by atoms with Crippen LogP contribution >= 0.6 is 22.9 Å². The first-order valence-electron chi connectivity index (χ1n) is 7.33. The Hall–Kier alpha value is -1.43. The van der Waals surface area contributed by atoms with Gasteiger partial charge in [0, 0.05) is 29.7 Å². The summed E-state index contributed by atoms with van der Waals surface area (Å²) in [5.41, 5.74) is 7.34. The summed E-state index contributed by atoms with van der Waals surface area (Å²) in [6.07, 6.45) is 1.91. The highest BCUT2D eigenvalue weighted by Gasteiger charge is 2.27. The number of hydrogen-bond donors (Lipinski definition) is 1. The predicted octanol–water partition coefficient (Wildman–Crippen LogP) is 3.34. The van der Waals surface area contributed by atoms with Crippen LogP contribution < -0.4 is 5.73 Å². The van der Waals surface area contributed by atoms with Crippen molar-refractivity contribution in [2.24, 2.45) is 5.73 Å². The van der Waals surface area contributed by atoms with E-state index in [1.54, 1.807) is 0 Å². The normalized spacial score (nSPS) is 18.5. The molecule has 1 unspecified atom stereocenters. The monoisotopic (exact) mass is 335 g/mol. The topological polar surface area (TPSA) is 59.2 Å². The average molecular weight is 336 g/mol. The number of halogens is 1. The van der Waals surface area contributed by atoms with E-state index in [-0.39, 0.29) is 11.9 Å². The Morgan fingerprint density at radius 3 is 2.95 bits per heavy atom. The van der Waals surface area contributed by atoms with E-state index < -0.39 is 0 Å². The van der Waals surface area contributed by atoms with Crippen molar-refractivity contribution in [3.63, 3.8) is 0 Å². The molecule has 0 aliphatic carbocycles. The molecule has 1 aliphatic rings. The minimum absolute atomic E-state index is 0.0468. The Bertz CT molecular complexity index is 700. The summed E-state index contributed by atoms with van der Waals surface area (Å²) in [6.45, 7) is 3.24. The number of nitrogens with zero attached hydrogens (tertiary/aromatic N) is 2. The summed E-state index contributed by atoms with van der Waals surface area (Å²) in [6, 6.07) is 7.61. The van der Waals surface area contributed by atoms with Crippen LogP contribution in [0.1, 0.15) is 28.3 Å². The quantitative estimate of drug-likeness (QED) is 0.915. The number of carbonyl (C=O) groups excluding carboxylic acids is 1. The average Bonchev–Trinajstić information content (AvgIpc) is 2.88. The first-order valence-corrected chi connectivity index (χ1v) is 8.53. The van der Waals surface area contributed by atoms with Crippen molar-refractivity contribution >= 4 is 28.8 Å². The van der Waals surface area contributed by atoms with E-state index in [1.807, 2.05) is 36.1 Å². The number of thiazole rings is 1. The van der Waals surface area contributed by atoms with Gasteiger partial charge in [0.1, 0.15) is 5.69 Å². The molecule has 2 N–H and O–H groups in total. The number of rotatable bonds is 2. The molecule has 22 heavy (non-hydrogen) atoms. The Balaban J connectivity index is 1.98. The van der Waals surface area contributed by atoms with Crippen molar-refractivity contribution in [1.82, 2.24) is 9.88 Å². The zero-order chi connectivity index (χ0) is 15.7. The molecule has 2 heterocycles. The summed E-state index contributed by atoms with van der Waals surface area (Å²) in [4.78, 5) is 19.9. The van der Waals surface area contributed by atoms with Gasteiger partial charge in [-0.25, -0.2) is 4.98 Å². The second-order valence-electron chi connectivity index (χ2n) is 5.54. The fraction of sp³-hybridized carbons (Fsp3) is 0.375. The first-order chi connectivity index (χ1) is 10.6. The number of piperidine rings is 1. The zero-order valence-corrected chi connectivity index (χ0v) is 14.0. The van der Waals surface area contributed by atoms with Crippen LogP contribution in [-0.2, 0) is 0 Å².